The molecule has 6 rings (SSSR count). The van der Waals surface area contributed by atoms with E-state index in [4.69, 9.17) is 23.7 Å². The fourth-order valence-electron chi connectivity index (χ4n) is 2.29. The van der Waals surface area contributed by atoms with E-state index in [0.717, 1.165) is 34.6 Å². The van der Waals surface area contributed by atoms with E-state index in [1.165, 1.54) is 0 Å². The molecular weight excluding hydrogens is 200 g/mol. The van der Waals surface area contributed by atoms with E-state index >= 15 is 0 Å². The molecule has 0 aromatic rings. The van der Waals surface area contributed by atoms with Crippen LogP contribution in [-0.4, -0.2) is 11.6 Å². The lowest BCUT2D eigenvalue weighted by Crippen LogP contribution is -2.22. The number of hydrogen-bond donors (Lipinski definition) is 0. The number of epoxide rings is 4. The van der Waals surface area contributed by atoms with Gasteiger partial charge in [-0.2, -0.15) is 0 Å². The van der Waals surface area contributed by atoms with Crippen molar-refractivity contribution in [2.45, 2.75) is 11.6 Å². The summed E-state index contributed by atoms with van der Waals surface area (Å²) in [7, 11) is 0. The normalized spacial score (nSPS) is 47.2. The third kappa shape index (κ3) is 0.457. The van der Waals surface area contributed by atoms with Gasteiger partial charge in [-0.15, -0.1) is 0 Å². The molecule has 4 fully saturated rings. The summed E-state index contributed by atoms with van der Waals surface area (Å²) in [6.45, 7) is 0. The van der Waals surface area contributed by atoms with Crippen molar-refractivity contribution in [3.05, 3.63) is 46.7 Å². The smallest absolute Gasteiger partial charge is 0.301 e. The summed E-state index contributed by atoms with van der Waals surface area (Å²) in [6, 6.07) is 0. The van der Waals surface area contributed by atoms with Crippen molar-refractivity contribution < 1.29 is 23.7 Å². The second-order valence-corrected chi connectivity index (χ2v) is 4.18. The molecule has 72 valence electrons. The number of ether oxygens (including phenoxy) is 5. The van der Waals surface area contributed by atoms with Crippen LogP contribution in [0, 0.1) is 0 Å². The van der Waals surface area contributed by atoms with Crippen LogP contribution in [0.4, 0.5) is 0 Å². The summed E-state index contributed by atoms with van der Waals surface area (Å²) >= 11 is 0. The molecule has 2 aliphatic carbocycles. The highest BCUT2D eigenvalue weighted by Crippen LogP contribution is 2.67. The summed E-state index contributed by atoms with van der Waals surface area (Å²) in [4.78, 5) is 0. The first-order valence-electron chi connectivity index (χ1n) is 4.70. The molecule has 2 atom stereocenters. The van der Waals surface area contributed by atoms with E-state index in [1.54, 1.807) is 0 Å². The minimum atomic E-state index is -0.709. The molecule has 15 heavy (non-hydrogen) atoms. The number of rotatable bonds is 2. The molecule has 0 amide bonds. The summed E-state index contributed by atoms with van der Waals surface area (Å²) in [6.07, 6.45) is 3.67. The summed E-state index contributed by atoms with van der Waals surface area (Å²) in [5, 5.41) is 0. The Balaban J connectivity index is 1.45. The van der Waals surface area contributed by atoms with Crippen molar-refractivity contribution in [3.63, 3.8) is 0 Å². The highest BCUT2D eigenvalue weighted by molar-refractivity contribution is 5.59. The van der Waals surface area contributed by atoms with Gasteiger partial charge in [0.1, 0.15) is 0 Å². The minimum Gasteiger partial charge on any atom is -0.446 e. The van der Waals surface area contributed by atoms with Gasteiger partial charge in [0.25, 0.3) is 0 Å². The van der Waals surface area contributed by atoms with Crippen LogP contribution in [0.25, 0.3) is 0 Å². The quantitative estimate of drug-likeness (QED) is 0.618. The first kappa shape index (κ1) is 5.87. The lowest BCUT2D eigenvalue weighted by Gasteiger charge is -2.07. The van der Waals surface area contributed by atoms with Gasteiger partial charge in [0.2, 0.25) is 23.0 Å². The molecule has 5 heteroatoms. The predicted molar refractivity (Wildman–Crippen MR) is 41.1 cm³/mol. The van der Waals surface area contributed by atoms with Gasteiger partial charge in [-0.1, -0.05) is 0 Å². The molecule has 0 saturated carbocycles. The zero-order chi connectivity index (χ0) is 9.41. The first-order chi connectivity index (χ1) is 7.30. The van der Waals surface area contributed by atoms with Crippen LogP contribution in [0.5, 0.6) is 0 Å². The van der Waals surface area contributed by atoms with Gasteiger partial charge in [-0.05, 0) is 0 Å². The second-order valence-electron chi connectivity index (χ2n) is 4.18. The van der Waals surface area contributed by atoms with Crippen molar-refractivity contribution in [2.24, 2.45) is 0 Å². The average Bonchev–Trinajstić information content (AvgIpc) is 3.00. The fourth-order valence-corrected chi connectivity index (χ4v) is 2.29. The SMILES string of the molecule is C1=C2OC2=C2OC12OC12C=C3OC3=C1O2. The van der Waals surface area contributed by atoms with E-state index in [0.29, 0.717) is 0 Å². The van der Waals surface area contributed by atoms with Gasteiger partial charge in [0.05, 0.1) is 0 Å². The Labute approximate surface area is 82.8 Å². The Kier molecular flexibility index (Phi) is 0.475. The van der Waals surface area contributed by atoms with Gasteiger partial charge >= 0.3 is 11.6 Å². The minimum absolute atomic E-state index is 0.709. The molecule has 0 spiro atoms. The Morgan fingerprint density at radius 1 is 0.867 bits per heavy atom. The topological polar surface area (TPSA) is 59.4 Å². The van der Waals surface area contributed by atoms with Crippen molar-refractivity contribution >= 4 is 0 Å². The first-order valence-corrected chi connectivity index (χ1v) is 4.70. The van der Waals surface area contributed by atoms with Crippen LogP contribution in [0.1, 0.15) is 0 Å². The van der Waals surface area contributed by atoms with Gasteiger partial charge < -0.3 is 18.9 Å². The maximum absolute atomic E-state index is 5.82. The summed E-state index contributed by atoms with van der Waals surface area (Å²) in [5.41, 5.74) is 0. The molecule has 0 aromatic carbocycles. The average molecular weight is 202 g/mol. The molecule has 2 unspecified atom stereocenters. The Hall–Kier alpha value is -1.88. The zero-order valence-electron chi connectivity index (χ0n) is 7.20. The molecule has 4 aliphatic heterocycles. The molecular formula is C10H2O5. The summed E-state index contributed by atoms with van der Waals surface area (Å²) < 4.78 is 26.8. The molecule has 0 N–H and O–H groups in total. The third-order valence-electron chi connectivity index (χ3n) is 3.20. The monoisotopic (exact) mass is 202 g/mol. The highest BCUT2D eigenvalue weighted by Gasteiger charge is 2.76. The van der Waals surface area contributed by atoms with Crippen molar-refractivity contribution in [1.29, 1.82) is 0 Å². The molecule has 4 saturated heterocycles. The van der Waals surface area contributed by atoms with Gasteiger partial charge in [-0.25, -0.2) is 0 Å². The van der Waals surface area contributed by atoms with E-state index in [1.807, 2.05) is 12.2 Å². The Morgan fingerprint density at radius 2 is 1.40 bits per heavy atom. The zero-order valence-corrected chi connectivity index (χ0v) is 7.20. The molecule has 0 radical (unpaired) electrons. The molecule has 0 aromatic heterocycles. The number of fused-ring (bicyclic) bond motifs is 4. The van der Waals surface area contributed by atoms with Gasteiger partial charge in [0, 0.05) is 12.2 Å². The maximum atomic E-state index is 5.82. The molecule has 4 heterocycles. The molecule has 0 bridgehead atoms. The van der Waals surface area contributed by atoms with Gasteiger partial charge in [0.15, 0.2) is 11.5 Å². The molecule has 5 nitrogen and oxygen atoms in total. The van der Waals surface area contributed by atoms with Crippen LogP contribution in [0.15, 0.2) is 46.7 Å². The van der Waals surface area contributed by atoms with Gasteiger partial charge in [-0.3, -0.25) is 4.74 Å². The largest absolute Gasteiger partial charge is 0.446 e. The van der Waals surface area contributed by atoms with E-state index in [2.05, 4.69) is 0 Å². The Morgan fingerprint density at radius 3 is 1.80 bits per heavy atom. The van der Waals surface area contributed by atoms with Crippen LogP contribution in [-0.2, 0) is 23.7 Å². The highest BCUT2D eigenvalue weighted by atomic mass is 16.9. The predicted octanol–water partition coefficient (Wildman–Crippen LogP) is 0.735. The van der Waals surface area contributed by atoms with E-state index in [9.17, 15) is 0 Å². The van der Waals surface area contributed by atoms with Crippen LogP contribution >= 0.6 is 0 Å². The molecule has 6 aliphatic rings. The van der Waals surface area contributed by atoms with Crippen molar-refractivity contribution in [1.82, 2.24) is 0 Å². The fraction of sp³-hybridized carbons (Fsp3) is 0.200. The van der Waals surface area contributed by atoms with Crippen LogP contribution in [0.3, 0.4) is 0 Å². The number of hydrogen-bond acceptors (Lipinski definition) is 5. The third-order valence-corrected chi connectivity index (χ3v) is 3.20. The van der Waals surface area contributed by atoms with Crippen molar-refractivity contribution in [3.8, 4) is 0 Å². The van der Waals surface area contributed by atoms with E-state index < -0.39 is 11.6 Å². The van der Waals surface area contributed by atoms with E-state index in [-0.39, 0.29) is 0 Å². The van der Waals surface area contributed by atoms with Crippen molar-refractivity contribution in [2.75, 3.05) is 0 Å². The maximum Gasteiger partial charge on any atom is 0.301 e. The standard InChI is InChI=1S/C10H2O5/c1-3-5(11-3)7-9(1,13-7)15-10-2-4-6(12-4)8(10)14-10/h1-2H. The lowest BCUT2D eigenvalue weighted by atomic mass is 10.3. The van der Waals surface area contributed by atoms with Crippen LogP contribution in [0.2, 0.25) is 0 Å². The van der Waals surface area contributed by atoms with Crippen LogP contribution < -0.4 is 0 Å². The lowest BCUT2D eigenvalue weighted by molar-refractivity contribution is -0.0990. The second kappa shape index (κ2) is 1.22. The summed E-state index contributed by atoms with van der Waals surface area (Å²) in [5.74, 6) is 3.52. The Bertz CT molecular complexity index is 568.